The van der Waals surface area contributed by atoms with Gasteiger partial charge in [0.1, 0.15) is 0 Å². The van der Waals surface area contributed by atoms with Crippen molar-refractivity contribution in [3.8, 4) is 11.1 Å². The third-order valence-corrected chi connectivity index (χ3v) is 9.12. The van der Waals surface area contributed by atoms with E-state index in [-0.39, 0.29) is 17.0 Å². The molecule has 0 atom stereocenters. The number of sulfonamides is 1. The zero-order valence-corrected chi connectivity index (χ0v) is 21.9. The van der Waals surface area contributed by atoms with E-state index in [1.165, 1.54) is 19.3 Å². The summed E-state index contributed by atoms with van der Waals surface area (Å²) in [5.41, 5.74) is 4.11. The lowest BCUT2D eigenvalue weighted by atomic mass is 9.87. The SMILES string of the molecule is Cc1cccc(S(=O)(=O)N(CCC2CCCCC2)Cc2cccc(C(=O)O)c2-c2ccccc2C)c1. The van der Waals surface area contributed by atoms with Crippen molar-refractivity contribution in [2.45, 2.75) is 63.8 Å². The van der Waals surface area contributed by atoms with Crippen LogP contribution in [0.3, 0.4) is 0 Å². The van der Waals surface area contributed by atoms with Crippen LogP contribution in [0.4, 0.5) is 0 Å². The molecule has 1 N–H and O–H groups in total. The highest BCUT2D eigenvalue weighted by molar-refractivity contribution is 7.89. The minimum atomic E-state index is -3.78. The van der Waals surface area contributed by atoms with Crippen molar-refractivity contribution in [1.29, 1.82) is 0 Å². The molecule has 0 bridgehead atoms. The summed E-state index contributed by atoms with van der Waals surface area (Å²) in [4.78, 5) is 12.5. The van der Waals surface area contributed by atoms with Gasteiger partial charge in [-0.15, -0.1) is 0 Å². The fraction of sp³-hybridized carbons (Fsp3) is 0.367. The Morgan fingerprint density at radius 1 is 0.944 bits per heavy atom. The quantitative estimate of drug-likeness (QED) is 0.346. The van der Waals surface area contributed by atoms with Crippen LogP contribution in [0.25, 0.3) is 11.1 Å². The van der Waals surface area contributed by atoms with Crippen LogP contribution in [0.2, 0.25) is 0 Å². The maximum Gasteiger partial charge on any atom is 0.336 e. The Kier molecular flexibility index (Phi) is 8.27. The maximum atomic E-state index is 13.9. The first-order valence-electron chi connectivity index (χ1n) is 12.8. The van der Waals surface area contributed by atoms with Gasteiger partial charge in [0.2, 0.25) is 10.0 Å². The molecule has 0 amide bonds. The van der Waals surface area contributed by atoms with Gasteiger partial charge in [-0.2, -0.15) is 4.31 Å². The summed E-state index contributed by atoms with van der Waals surface area (Å²) in [6.07, 6.45) is 6.75. The molecule has 190 valence electrons. The van der Waals surface area contributed by atoms with E-state index < -0.39 is 16.0 Å². The number of carboxylic acid groups (broad SMARTS) is 1. The summed E-state index contributed by atoms with van der Waals surface area (Å²) in [6, 6.07) is 19.8. The first-order chi connectivity index (χ1) is 17.3. The largest absolute Gasteiger partial charge is 0.478 e. The lowest BCUT2D eigenvalue weighted by Crippen LogP contribution is -2.33. The molecule has 0 saturated heterocycles. The zero-order valence-electron chi connectivity index (χ0n) is 21.1. The molecule has 3 aromatic rings. The molecule has 1 aliphatic rings. The van der Waals surface area contributed by atoms with E-state index in [0.717, 1.165) is 36.0 Å². The maximum absolute atomic E-state index is 13.9. The average molecular weight is 506 g/mol. The Balaban J connectivity index is 1.77. The zero-order chi connectivity index (χ0) is 25.7. The molecule has 3 aromatic carbocycles. The van der Waals surface area contributed by atoms with E-state index in [9.17, 15) is 18.3 Å². The van der Waals surface area contributed by atoms with E-state index in [4.69, 9.17) is 0 Å². The number of hydrogen-bond donors (Lipinski definition) is 1. The predicted molar refractivity (Wildman–Crippen MR) is 144 cm³/mol. The summed E-state index contributed by atoms with van der Waals surface area (Å²) >= 11 is 0. The molecular formula is C30H35NO4S. The highest BCUT2D eigenvalue weighted by atomic mass is 32.2. The normalized spacial score (nSPS) is 14.8. The molecule has 6 heteroatoms. The Labute approximate surface area is 214 Å². The lowest BCUT2D eigenvalue weighted by Gasteiger charge is -2.28. The van der Waals surface area contributed by atoms with E-state index in [1.54, 1.807) is 34.6 Å². The fourth-order valence-corrected chi connectivity index (χ4v) is 6.82. The Morgan fingerprint density at radius 2 is 1.67 bits per heavy atom. The third kappa shape index (κ3) is 5.88. The van der Waals surface area contributed by atoms with Crippen LogP contribution < -0.4 is 0 Å². The molecule has 0 unspecified atom stereocenters. The van der Waals surface area contributed by atoms with Crippen LogP contribution in [-0.2, 0) is 16.6 Å². The minimum absolute atomic E-state index is 0.119. The van der Waals surface area contributed by atoms with Gasteiger partial charge >= 0.3 is 5.97 Å². The lowest BCUT2D eigenvalue weighted by molar-refractivity contribution is 0.0697. The van der Waals surface area contributed by atoms with Gasteiger partial charge < -0.3 is 5.11 Å². The van der Waals surface area contributed by atoms with E-state index in [2.05, 4.69) is 0 Å². The first-order valence-corrected chi connectivity index (χ1v) is 14.2. The Morgan fingerprint density at radius 3 is 2.36 bits per heavy atom. The molecule has 0 aromatic heterocycles. The number of hydrogen-bond acceptors (Lipinski definition) is 3. The second-order valence-corrected chi connectivity index (χ2v) is 11.8. The molecule has 0 heterocycles. The minimum Gasteiger partial charge on any atom is -0.478 e. The third-order valence-electron chi connectivity index (χ3n) is 7.28. The molecule has 1 aliphatic carbocycles. The molecule has 36 heavy (non-hydrogen) atoms. The van der Waals surface area contributed by atoms with E-state index in [0.29, 0.717) is 23.6 Å². The number of aromatic carboxylic acids is 1. The van der Waals surface area contributed by atoms with Crippen molar-refractivity contribution in [2.24, 2.45) is 5.92 Å². The topological polar surface area (TPSA) is 74.7 Å². The van der Waals surface area contributed by atoms with Crippen molar-refractivity contribution in [1.82, 2.24) is 4.31 Å². The summed E-state index contributed by atoms with van der Waals surface area (Å²) in [5.74, 6) is -0.499. The second-order valence-electron chi connectivity index (χ2n) is 9.91. The molecular weight excluding hydrogens is 470 g/mol. The van der Waals surface area contributed by atoms with Crippen molar-refractivity contribution >= 4 is 16.0 Å². The van der Waals surface area contributed by atoms with Gasteiger partial charge in [0.25, 0.3) is 0 Å². The predicted octanol–water partition coefficient (Wildman–Crippen LogP) is 6.83. The van der Waals surface area contributed by atoms with Crippen molar-refractivity contribution in [3.63, 3.8) is 0 Å². The summed E-state index contributed by atoms with van der Waals surface area (Å²) in [6.45, 7) is 4.36. The number of rotatable bonds is 9. The van der Waals surface area contributed by atoms with E-state index in [1.807, 2.05) is 50.2 Å². The second kappa shape index (κ2) is 11.4. The average Bonchev–Trinajstić information content (AvgIpc) is 2.87. The van der Waals surface area contributed by atoms with Crippen LogP contribution in [0.5, 0.6) is 0 Å². The summed E-state index contributed by atoms with van der Waals surface area (Å²) in [5, 5.41) is 9.99. The fourth-order valence-electron chi connectivity index (χ4n) is 5.28. The molecule has 1 fully saturated rings. The highest BCUT2D eigenvalue weighted by Crippen LogP contribution is 2.33. The van der Waals surface area contributed by atoms with Gasteiger partial charge in [0, 0.05) is 18.7 Å². The van der Waals surface area contributed by atoms with Gasteiger partial charge in [-0.3, -0.25) is 0 Å². The number of benzene rings is 3. The molecule has 0 radical (unpaired) electrons. The Bertz CT molecular complexity index is 1330. The molecule has 0 spiro atoms. The molecule has 0 aliphatic heterocycles. The van der Waals surface area contributed by atoms with Crippen LogP contribution >= 0.6 is 0 Å². The van der Waals surface area contributed by atoms with Gasteiger partial charge in [0.05, 0.1) is 10.5 Å². The molecule has 5 nitrogen and oxygen atoms in total. The molecule has 4 rings (SSSR count). The monoisotopic (exact) mass is 505 g/mol. The van der Waals surface area contributed by atoms with Crippen molar-refractivity contribution in [3.05, 3.63) is 89.0 Å². The number of nitrogens with zero attached hydrogens (tertiary/aromatic N) is 1. The van der Waals surface area contributed by atoms with Crippen LogP contribution in [0.1, 0.15) is 65.6 Å². The van der Waals surface area contributed by atoms with Gasteiger partial charge in [-0.25, -0.2) is 13.2 Å². The van der Waals surface area contributed by atoms with E-state index >= 15 is 0 Å². The Hall–Kier alpha value is -2.96. The summed E-state index contributed by atoms with van der Waals surface area (Å²) in [7, 11) is -3.78. The van der Waals surface area contributed by atoms with Crippen LogP contribution in [0.15, 0.2) is 71.6 Å². The van der Waals surface area contributed by atoms with Gasteiger partial charge in [-0.05, 0) is 66.6 Å². The summed E-state index contributed by atoms with van der Waals surface area (Å²) < 4.78 is 29.4. The van der Waals surface area contributed by atoms with Gasteiger partial charge in [-0.1, -0.05) is 80.6 Å². The number of carboxylic acids is 1. The highest BCUT2D eigenvalue weighted by Gasteiger charge is 2.28. The van der Waals surface area contributed by atoms with Gasteiger partial charge in [0.15, 0.2) is 0 Å². The number of aryl methyl sites for hydroxylation is 2. The van der Waals surface area contributed by atoms with Crippen molar-refractivity contribution in [2.75, 3.05) is 6.54 Å². The van der Waals surface area contributed by atoms with Crippen LogP contribution in [-0.4, -0.2) is 30.3 Å². The molecule has 1 saturated carbocycles. The standard InChI is InChI=1S/C30H35NO4S/c1-22-10-8-15-26(20-22)36(34,35)31(19-18-24-12-4-3-5-13-24)21-25-14-9-17-28(30(32)33)29(25)27-16-7-6-11-23(27)2/h6-11,14-17,20,24H,3-5,12-13,18-19,21H2,1-2H3,(H,32,33). The van der Waals surface area contributed by atoms with Crippen molar-refractivity contribution < 1.29 is 18.3 Å². The van der Waals surface area contributed by atoms with Crippen LogP contribution in [0, 0.1) is 19.8 Å². The smallest absolute Gasteiger partial charge is 0.336 e. The first kappa shape index (κ1) is 26.1. The number of carbonyl (C=O) groups is 1.